The molecular weight excluding hydrogens is 279 g/mol. The highest BCUT2D eigenvalue weighted by atomic mass is 35.5. The van der Waals surface area contributed by atoms with Gasteiger partial charge in [0, 0.05) is 6.07 Å². The van der Waals surface area contributed by atoms with Crippen LogP contribution in [0.4, 0.5) is 4.39 Å². The second kappa shape index (κ2) is 5.44. The van der Waals surface area contributed by atoms with Gasteiger partial charge >= 0.3 is 5.97 Å². The van der Waals surface area contributed by atoms with Crippen LogP contribution in [0.2, 0.25) is 5.02 Å². The number of benzene rings is 1. The van der Waals surface area contributed by atoms with Gasteiger partial charge in [0.15, 0.2) is 17.3 Å². The van der Waals surface area contributed by atoms with E-state index in [0.717, 1.165) is 0 Å². The molecule has 1 heterocycles. The Morgan fingerprint density at radius 3 is 2.79 bits per heavy atom. The molecule has 0 saturated carbocycles. The minimum Gasteiger partial charge on any atom is -0.486 e. The molecule has 7 heteroatoms. The second-order valence-corrected chi connectivity index (χ2v) is 4.03. The lowest BCUT2D eigenvalue weighted by atomic mass is 10.1. The number of carbonyl (C=O) groups is 2. The average Bonchev–Trinajstić information content (AvgIpc) is 2.40. The number of hydrogen-bond donors (Lipinski definition) is 0. The van der Waals surface area contributed by atoms with E-state index in [9.17, 15) is 14.0 Å². The Morgan fingerprint density at radius 1 is 1.42 bits per heavy atom. The molecule has 0 amide bonds. The van der Waals surface area contributed by atoms with Crippen molar-refractivity contribution in [1.82, 2.24) is 0 Å². The number of hydrogen-bond acceptors (Lipinski definition) is 5. The number of ketones is 1. The number of Topliss-reactive ketones (excluding diaryl/α,β-unsaturated/α-hetero) is 1. The van der Waals surface area contributed by atoms with Gasteiger partial charge in [0.25, 0.3) is 5.78 Å². The van der Waals surface area contributed by atoms with Crippen molar-refractivity contribution < 1.29 is 28.2 Å². The summed E-state index contributed by atoms with van der Waals surface area (Å²) in [6, 6.07) is 1.20. The van der Waals surface area contributed by atoms with E-state index in [1.807, 2.05) is 0 Å². The summed E-state index contributed by atoms with van der Waals surface area (Å²) in [7, 11) is 0. The molecule has 5 nitrogen and oxygen atoms in total. The first-order chi connectivity index (χ1) is 9.06. The van der Waals surface area contributed by atoms with Gasteiger partial charge in [-0.05, 0) is 6.92 Å². The smallest absolute Gasteiger partial charge is 0.379 e. The predicted molar refractivity (Wildman–Crippen MR) is 63.4 cm³/mol. The van der Waals surface area contributed by atoms with Crippen molar-refractivity contribution in [3.63, 3.8) is 0 Å². The lowest BCUT2D eigenvalue weighted by Gasteiger charge is -2.21. The maximum Gasteiger partial charge on any atom is 0.379 e. The molecule has 1 aromatic rings. The molecule has 102 valence electrons. The third-order valence-corrected chi connectivity index (χ3v) is 2.69. The number of esters is 1. The molecule has 0 N–H and O–H groups in total. The Morgan fingerprint density at radius 2 is 2.11 bits per heavy atom. The van der Waals surface area contributed by atoms with Crippen LogP contribution in [-0.4, -0.2) is 31.6 Å². The van der Waals surface area contributed by atoms with E-state index in [1.165, 1.54) is 13.0 Å². The van der Waals surface area contributed by atoms with Crippen LogP contribution in [0.15, 0.2) is 6.07 Å². The van der Waals surface area contributed by atoms with Gasteiger partial charge in [-0.25, -0.2) is 9.18 Å². The van der Waals surface area contributed by atoms with Gasteiger partial charge in [-0.2, -0.15) is 0 Å². The van der Waals surface area contributed by atoms with Gasteiger partial charge < -0.3 is 14.2 Å². The van der Waals surface area contributed by atoms with Gasteiger partial charge in [-0.15, -0.1) is 0 Å². The fourth-order valence-corrected chi connectivity index (χ4v) is 1.83. The summed E-state index contributed by atoms with van der Waals surface area (Å²) in [5, 5.41) is -0.322. The van der Waals surface area contributed by atoms with Gasteiger partial charge in [0.05, 0.1) is 11.6 Å². The fourth-order valence-electron chi connectivity index (χ4n) is 1.63. The van der Waals surface area contributed by atoms with Crippen molar-refractivity contribution in [2.45, 2.75) is 6.92 Å². The minimum atomic E-state index is -1.17. The molecular formula is C12H10ClFO5. The Labute approximate surface area is 113 Å². The molecule has 0 aliphatic carbocycles. The van der Waals surface area contributed by atoms with Crippen molar-refractivity contribution in [2.24, 2.45) is 0 Å². The highest BCUT2D eigenvalue weighted by molar-refractivity contribution is 6.42. The molecule has 0 unspecified atom stereocenters. The molecule has 1 aliphatic rings. The zero-order valence-electron chi connectivity index (χ0n) is 10.00. The van der Waals surface area contributed by atoms with Crippen molar-refractivity contribution in [3.8, 4) is 11.5 Å². The number of halogens is 2. The molecule has 2 rings (SSSR count). The van der Waals surface area contributed by atoms with Crippen molar-refractivity contribution in [2.75, 3.05) is 19.8 Å². The van der Waals surface area contributed by atoms with Crippen LogP contribution in [0, 0.1) is 5.82 Å². The molecule has 1 aromatic carbocycles. The first-order valence-corrected chi connectivity index (χ1v) is 5.93. The molecule has 0 atom stereocenters. The third-order valence-electron chi connectivity index (χ3n) is 2.41. The summed E-state index contributed by atoms with van der Waals surface area (Å²) >= 11 is 5.66. The maximum absolute atomic E-state index is 13.9. The van der Waals surface area contributed by atoms with E-state index in [-0.39, 0.29) is 36.3 Å². The molecule has 0 bridgehead atoms. The lowest BCUT2D eigenvalue weighted by molar-refractivity contribution is -0.137. The average molecular weight is 289 g/mol. The number of carbonyl (C=O) groups excluding carboxylic acids is 2. The van der Waals surface area contributed by atoms with Gasteiger partial charge in [-0.1, -0.05) is 11.6 Å². The fraction of sp³-hybridized carbons (Fsp3) is 0.333. The van der Waals surface area contributed by atoms with Crippen LogP contribution < -0.4 is 9.47 Å². The molecule has 0 saturated heterocycles. The summed E-state index contributed by atoms with van der Waals surface area (Å²) in [4.78, 5) is 23.3. The van der Waals surface area contributed by atoms with E-state index >= 15 is 0 Å². The van der Waals surface area contributed by atoms with Crippen LogP contribution in [0.1, 0.15) is 17.3 Å². The van der Waals surface area contributed by atoms with Crippen molar-refractivity contribution >= 4 is 23.4 Å². The molecule has 0 radical (unpaired) electrons. The summed E-state index contributed by atoms with van der Waals surface area (Å²) in [6.07, 6.45) is 0. The predicted octanol–water partition coefficient (Wildman–Crippen LogP) is 2.00. The largest absolute Gasteiger partial charge is 0.486 e. The molecule has 0 spiro atoms. The van der Waals surface area contributed by atoms with Crippen LogP contribution in [0.25, 0.3) is 0 Å². The zero-order chi connectivity index (χ0) is 14.0. The lowest BCUT2D eigenvalue weighted by Crippen LogP contribution is -2.23. The normalized spacial score (nSPS) is 13.0. The van der Waals surface area contributed by atoms with E-state index in [4.69, 9.17) is 21.1 Å². The van der Waals surface area contributed by atoms with Gasteiger partial charge in [0.2, 0.25) is 0 Å². The van der Waals surface area contributed by atoms with Crippen LogP contribution in [-0.2, 0) is 9.53 Å². The van der Waals surface area contributed by atoms with E-state index < -0.39 is 23.1 Å². The quantitative estimate of drug-likeness (QED) is 0.483. The Kier molecular flexibility index (Phi) is 3.90. The minimum absolute atomic E-state index is 0.00626. The Bertz CT molecular complexity index is 543. The van der Waals surface area contributed by atoms with Crippen LogP contribution in [0.3, 0.4) is 0 Å². The SMILES string of the molecule is CCOC(=O)C(=O)c1c(F)c(Cl)cc2c1OCCO2. The van der Waals surface area contributed by atoms with Crippen LogP contribution >= 0.6 is 11.6 Å². The third kappa shape index (κ3) is 2.49. The molecule has 0 fully saturated rings. The summed E-state index contributed by atoms with van der Waals surface area (Å²) in [5.74, 6) is -3.33. The zero-order valence-corrected chi connectivity index (χ0v) is 10.8. The standard InChI is InChI=1S/C12H10ClFO5/c1-2-17-12(16)10(15)8-9(14)6(13)5-7-11(8)19-4-3-18-7/h5H,2-4H2,1H3. The van der Waals surface area contributed by atoms with E-state index in [0.29, 0.717) is 0 Å². The number of ether oxygens (including phenoxy) is 3. The monoisotopic (exact) mass is 288 g/mol. The first kappa shape index (κ1) is 13.6. The van der Waals surface area contributed by atoms with Crippen molar-refractivity contribution in [3.05, 3.63) is 22.5 Å². The second-order valence-electron chi connectivity index (χ2n) is 3.62. The Balaban J connectivity index is 2.52. The highest BCUT2D eigenvalue weighted by Crippen LogP contribution is 2.39. The number of rotatable bonds is 3. The maximum atomic E-state index is 13.9. The topological polar surface area (TPSA) is 61.8 Å². The number of fused-ring (bicyclic) bond motifs is 1. The van der Waals surface area contributed by atoms with E-state index in [1.54, 1.807) is 0 Å². The van der Waals surface area contributed by atoms with Crippen LogP contribution in [0.5, 0.6) is 11.5 Å². The molecule has 19 heavy (non-hydrogen) atoms. The Hall–Kier alpha value is -1.82. The summed E-state index contributed by atoms with van der Waals surface area (Å²) in [5.41, 5.74) is -0.555. The summed E-state index contributed by atoms with van der Waals surface area (Å²) < 4.78 is 28.9. The summed E-state index contributed by atoms with van der Waals surface area (Å²) in [6.45, 7) is 1.94. The van der Waals surface area contributed by atoms with Crippen molar-refractivity contribution in [1.29, 1.82) is 0 Å². The van der Waals surface area contributed by atoms with Gasteiger partial charge in [-0.3, -0.25) is 4.79 Å². The van der Waals surface area contributed by atoms with Gasteiger partial charge in [0.1, 0.15) is 18.8 Å². The first-order valence-electron chi connectivity index (χ1n) is 5.55. The van der Waals surface area contributed by atoms with E-state index in [2.05, 4.69) is 4.74 Å². The highest BCUT2D eigenvalue weighted by Gasteiger charge is 2.31. The molecule has 1 aliphatic heterocycles. The molecule has 0 aromatic heterocycles.